The molecule has 0 aliphatic heterocycles. The first kappa shape index (κ1) is 13.8. The molecule has 0 fully saturated rings. The van der Waals surface area contributed by atoms with Gasteiger partial charge in [0.15, 0.2) is 0 Å². The highest BCUT2D eigenvalue weighted by molar-refractivity contribution is 5.49. The first-order valence-electron chi connectivity index (χ1n) is 5.90. The van der Waals surface area contributed by atoms with Gasteiger partial charge in [0.2, 0.25) is 0 Å². The molecule has 0 aliphatic carbocycles. The lowest BCUT2D eigenvalue weighted by atomic mass is 10.1. The van der Waals surface area contributed by atoms with Gasteiger partial charge in [-0.3, -0.25) is 0 Å². The van der Waals surface area contributed by atoms with Crippen LogP contribution in [-0.2, 0) is 6.54 Å². The minimum atomic E-state index is -0.666. The van der Waals surface area contributed by atoms with Gasteiger partial charge in [0.25, 0.3) is 0 Å². The highest BCUT2D eigenvalue weighted by Gasteiger charge is 2.10. The number of nitrogens with one attached hydrogen (secondary N) is 1. The minimum absolute atomic E-state index is 0.149. The van der Waals surface area contributed by atoms with Gasteiger partial charge >= 0.3 is 0 Å². The number of methoxy groups -OCH3 is 1. The van der Waals surface area contributed by atoms with Crippen molar-refractivity contribution in [3.63, 3.8) is 0 Å². The van der Waals surface area contributed by atoms with E-state index in [0.717, 1.165) is 0 Å². The van der Waals surface area contributed by atoms with Crippen LogP contribution in [0.15, 0.2) is 36.4 Å². The van der Waals surface area contributed by atoms with Crippen LogP contribution in [0.5, 0.6) is 5.75 Å². The number of anilines is 1. The molecular formula is C15H12F2N2O. The zero-order chi connectivity index (χ0) is 14.5. The molecule has 0 saturated carbocycles. The molecule has 0 heterocycles. The van der Waals surface area contributed by atoms with Gasteiger partial charge in [0.05, 0.1) is 18.7 Å². The molecule has 0 aliphatic rings. The molecule has 0 saturated heterocycles. The zero-order valence-corrected chi connectivity index (χ0v) is 10.8. The van der Waals surface area contributed by atoms with Crippen molar-refractivity contribution in [2.45, 2.75) is 6.54 Å². The Hall–Kier alpha value is -2.61. The molecule has 1 N–H and O–H groups in total. The highest BCUT2D eigenvalue weighted by atomic mass is 19.1. The summed E-state index contributed by atoms with van der Waals surface area (Å²) in [6.45, 7) is 0.149. The van der Waals surface area contributed by atoms with Crippen LogP contribution < -0.4 is 10.1 Å². The summed E-state index contributed by atoms with van der Waals surface area (Å²) in [7, 11) is 1.49. The second-order valence-corrected chi connectivity index (χ2v) is 4.09. The van der Waals surface area contributed by atoms with E-state index in [2.05, 4.69) is 5.32 Å². The summed E-state index contributed by atoms with van der Waals surface area (Å²) < 4.78 is 32.1. The van der Waals surface area contributed by atoms with E-state index in [4.69, 9.17) is 10.00 Å². The third-order valence-corrected chi connectivity index (χ3v) is 2.83. The molecule has 0 bridgehead atoms. The molecule has 0 aromatic heterocycles. The Bertz CT molecular complexity index is 645. The van der Waals surface area contributed by atoms with Crippen LogP contribution in [0.4, 0.5) is 14.5 Å². The molecule has 0 unspecified atom stereocenters. The molecule has 2 aromatic carbocycles. The first-order chi connectivity index (χ1) is 9.65. The molecule has 0 spiro atoms. The molecule has 0 radical (unpaired) electrons. The van der Waals surface area contributed by atoms with Crippen molar-refractivity contribution in [2.24, 2.45) is 0 Å². The van der Waals surface area contributed by atoms with E-state index in [0.29, 0.717) is 16.9 Å². The maximum absolute atomic E-state index is 13.5. The quantitative estimate of drug-likeness (QED) is 0.928. The molecule has 0 amide bonds. The number of benzene rings is 2. The van der Waals surface area contributed by atoms with Crippen LogP contribution in [0, 0.1) is 23.0 Å². The van der Waals surface area contributed by atoms with Crippen molar-refractivity contribution in [3.05, 3.63) is 59.2 Å². The topological polar surface area (TPSA) is 45.0 Å². The summed E-state index contributed by atoms with van der Waals surface area (Å²) in [5.74, 6) is -0.783. The van der Waals surface area contributed by atoms with Crippen LogP contribution in [0.2, 0.25) is 0 Å². The van der Waals surface area contributed by atoms with Crippen LogP contribution >= 0.6 is 0 Å². The third-order valence-electron chi connectivity index (χ3n) is 2.83. The van der Waals surface area contributed by atoms with Crippen molar-refractivity contribution < 1.29 is 13.5 Å². The SMILES string of the molecule is COc1ccc(C#N)cc1CNc1c(F)cccc1F. The average Bonchev–Trinajstić information content (AvgIpc) is 2.46. The summed E-state index contributed by atoms with van der Waals surface area (Å²) in [5, 5.41) is 11.6. The number of halogens is 2. The van der Waals surface area contributed by atoms with E-state index < -0.39 is 11.6 Å². The summed E-state index contributed by atoms with van der Waals surface area (Å²) in [6.07, 6.45) is 0. The Morgan fingerprint density at radius 2 is 1.90 bits per heavy atom. The van der Waals surface area contributed by atoms with E-state index in [1.807, 2.05) is 6.07 Å². The van der Waals surface area contributed by atoms with Gasteiger partial charge in [-0.25, -0.2) is 8.78 Å². The predicted octanol–water partition coefficient (Wildman–Crippen LogP) is 3.46. The first-order valence-corrected chi connectivity index (χ1v) is 5.90. The molecular weight excluding hydrogens is 262 g/mol. The van der Waals surface area contributed by atoms with Gasteiger partial charge in [-0.05, 0) is 30.3 Å². The number of hydrogen-bond donors (Lipinski definition) is 1. The van der Waals surface area contributed by atoms with Gasteiger partial charge < -0.3 is 10.1 Å². The van der Waals surface area contributed by atoms with Crippen LogP contribution in [0.25, 0.3) is 0 Å². The molecule has 2 rings (SSSR count). The normalized spacial score (nSPS) is 9.90. The van der Waals surface area contributed by atoms with E-state index in [-0.39, 0.29) is 12.2 Å². The Morgan fingerprint density at radius 1 is 1.20 bits per heavy atom. The maximum Gasteiger partial charge on any atom is 0.149 e. The smallest absolute Gasteiger partial charge is 0.149 e. The van der Waals surface area contributed by atoms with Crippen molar-refractivity contribution in [2.75, 3.05) is 12.4 Å². The summed E-state index contributed by atoms with van der Waals surface area (Å²) >= 11 is 0. The lowest BCUT2D eigenvalue weighted by Gasteiger charge is -2.12. The van der Waals surface area contributed by atoms with Gasteiger partial charge in [-0.15, -0.1) is 0 Å². The standard InChI is InChI=1S/C15H12F2N2O/c1-20-14-6-5-10(8-18)7-11(14)9-19-15-12(16)3-2-4-13(15)17/h2-7,19H,9H2,1H3. The Balaban J connectivity index is 2.25. The monoisotopic (exact) mass is 274 g/mol. The zero-order valence-electron chi connectivity index (χ0n) is 10.8. The number of para-hydroxylation sites is 1. The number of hydrogen-bond acceptors (Lipinski definition) is 3. The van der Waals surface area contributed by atoms with Crippen LogP contribution in [-0.4, -0.2) is 7.11 Å². The van der Waals surface area contributed by atoms with Gasteiger partial charge in [0, 0.05) is 12.1 Å². The second-order valence-electron chi connectivity index (χ2n) is 4.09. The van der Waals surface area contributed by atoms with Crippen molar-refractivity contribution in [1.82, 2.24) is 0 Å². The number of nitrogens with zero attached hydrogens (tertiary/aromatic N) is 1. The van der Waals surface area contributed by atoms with Crippen molar-refractivity contribution in [3.8, 4) is 11.8 Å². The Morgan fingerprint density at radius 3 is 2.50 bits per heavy atom. The molecule has 3 nitrogen and oxygen atoms in total. The predicted molar refractivity (Wildman–Crippen MR) is 71.4 cm³/mol. The van der Waals surface area contributed by atoms with Crippen LogP contribution in [0.3, 0.4) is 0 Å². The number of ether oxygens (including phenoxy) is 1. The molecule has 102 valence electrons. The fourth-order valence-electron chi connectivity index (χ4n) is 1.84. The molecule has 0 atom stereocenters. The van der Waals surface area contributed by atoms with Crippen molar-refractivity contribution >= 4 is 5.69 Å². The minimum Gasteiger partial charge on any atom is -0.496 e. The van der Waals surface area contributed by atoms with Gasteiger partial charge in [0.1, 0.15) is 23.1 Å². The summed E-state index contributed by atoms with van der Waals surface area (Å²) in [4.78, 5) is 0. The largest absolute Gasteiger partial charge is 0.496 e. The van der Waals surface area contributed by atoms with E-state index >= 15 is 0 Å². The van der Waals surface area contributed by atoms with Crippen molar-refractivity contribution in [1.29, 1.82) is 5.26 Å². The fourth-order valence-corrected chi connectivity index (χ4v) is 1.84. The molecule has 5 heteroatoms. The fraction of sp³-hybridized carbons (Fsp3) is 0.133. The van der Waals surface area contributed by atoms with E-state index in [1.54, 1.807) is 18.2 Å². The van der Waals surface area contributed by atoms with Gasteiger partial charge in [-0.2, -0.15) is 5.26 Å². The number of nitriles is 1. The highest BCUT2D eigenvalue weighted by Crippen LogP contribution is 2.23. The third kappa shape index (κ3) is 2.86. The Labute approximate surface area is 115 Å². The number of rotatable bonds is 4. The maximum atomic E-state index is 13.5. The molecule has 20 heavy (non-hydrogen) atoms. The lowest BCUT2D eigenvalue weighted by molar-refractivity contribution is 0.410. The van der Waals surface area contributed by atoms with E-state index in [1.165, 1.54) is 25.3 Å². The average molecular weight is 274 g/mol. The second kappa shape index (κ2) is 6.02. The Kier molecular flexibility index (Phi) is 4.16. The van der Waals surface area contributed by atoms with Crippen LogP contribution in [0.1, 0.15) is 11.1 Å². The lowest BCUT2D eigenvalue weighted by Crippen LogP contribution is -2.05. The van der Waals surface area contributed by atoms with Gasteiger partial charge in [-0.1, -0.05) is 6.07 Å². The summed E-state index contributed by atoms with van der Waals surface area (Å²) in [6, 6.07) is 10.5. The van der Waals surface area contributed by atoms with E-state index in [9.17, 15) is 8.78 Å². The molecule has 2 aromatic rings. The summed E-state index contributed by atoms with van der Waals surface area (Å²) in [5.41, 5.74) is 0.905.